The minimum Gasteiger partial charge on any atom is -0.468 e. The average molecular weight is 247 g/mol. The maximum absolute atomic E-state index is 11.7. The first-order valence-electron chi connectivity index (χ1n) is 6.50. The number of rotatable bonds is 3. The van der Waals surface area contributed by atoms with E-state index in [1.165, 1.54) is 23.8 Å². The van der Waals surface area contributed by atoms with Gasteiger partial charge in [0.25, 0.3) is 0 Å². The zero-order valence-corrected chi connectivity index (χ0v) is 11.4. The largest absolute Gasteiger partial charge is 0.468 e. The molecular weight excluding hydrogens is 226 g/mol. The van der Waals surface area contributed by atoms with E-state index in [1.807, 2.05) is 0 Å². The van der Waals surface area contributed by atoms with Gasteiger partial charge in [0.05, 0.1) is 7.11 Å². The van der Waals surface area contributed by atoms with Gasteiger partial charge < -0.3 is 4.74 Å². The Bertz CT molecular complexity index is 442. The second kappa shape index (κ2) is 5.53. The van der Waals surface area contributed by atoms with Crippen LogP contribution in [-0.4, -0.2) is 30.6 Å². The van der Waals surface area contributed by atoms with Crippen LogP contribution in [0.15, 0.2) is 18.2 Å². The number of carbonyl (C=O) groups excluding carboxylic acids is 1. The normalized spacial score (nSPS) is 20.1. The van der Waals surface area contributed by atoms with Crippen molar-refractivity contribution < 1.29 is 9.53 Å². The van der Waals surface area contributed by atoms with Gasteiger partial charge in [-0.15, -0.1) is 0 Å². The van der Waals surface area contributed by atoms with Gasteiger partial charge in [-0.1, -0.05) is 23.8 Å². The molecule has 1 heterocycles. The van der Waals surface area contributed by atoms with E-state index in [9.17, 15) is 4.79 Å². The molecule has 3 nitrogen and oxygen atoms in total. The molecule has 0 aliphatic carbocycles. The molecule has 0 spiro atoms. The number of nitrogens with zero attached hydrogens (tertiary/aromatic N) is 1. The van der Waals surface area contributed by atoms with Crippen molar-refractivity contribution in [3.63, 3.8) is 0 Å². The van der Waals surface area contributed by atoms with Crippen LogP contribution < -0.4 is 0 Å². The fourth-order valence-electron chi connectivity index (χ4n) is 2.61. The summed E-state index contributed by atoms with van der Waals surface area (Å²) in [5, 5.41) is 0. The van der Waals surface area contributed by atoms with E-state index in [0.717, 1.165) is 25.9 Å². The minimum absolute atomic E-state index is 0.0603. The lowest BCUT2D eigenvalue weighted by Crippen LogP contribution is -2.36. The van der Waals surface area contributed by atoms with Gasteiger partial charge in [-0.2, -0.15) is 0 Å². The Balaban J connectivity index is 2.13. The third-order valence-electron chi connectivity index (χ3n) is 3.71. The third kappa shape index (κ3) is 2.72. The van der Waals surface area contributed by atoms with Gasteiger partial charge in [0.2, 0.25) is 0 Å². The number of carbonyl (C=O) groups is 1. The Morgan fingerprint density at radius 1 is 1.44 bits per heavy atom. The standard InChI is InChI=1S/C15H21NO2/c1-11-6-7-12(2)13(9-11)10-16-8-4-5-14(16)15(17)18-3/h6-7,9,14H,4-5,8,10H2,1-3H3. The summed E-state index contributed by atoms with van der Waals surface area (Å²) in [6.07, 6.45) is 1.99. The van der Waals surface area contributed by atoms with Gasteiger partial charge in [-0.3, -0.25) is 9.69 Å². The van der Waals surface area contributed by atoms with Gasteiger partial charge >= 0.3 is 5.97 Å². The van der Waals surface area contributed by atoms with Gasteiger partial charge in [-0.25, -0.2) is 0 Å². The monoisotopic (exact) mass is 247 g/mol. The molecule has 0 amide bonds. The molecule has 1 unspecified atom stereocenters. The minimum atomic E-state index is -0.0993. The lowest BCUT2D eigenvalue weighted by atomic mass is 10.0. The zero-order valence-electron chi connectivity index (χ0n) is 11.4. The molecule has 18 heavy (non-hydrogen) atoms. The molecule has 2 rings (SSSR count). The van der Waals surface area contributed by atoms with E-state index < -0.39 is 0 Å². The first-order chi connectivity index (χ1) is 8.61. The van der Waals surface area contributed by atoms with E-state index in [-0.39, 0.29) is 12.0 Å². The lowest BCUT2D eigenvalue weighted by molar-refractivity contribution is -0.146. The smallest absolute Gasteiger partial charge is 0.323 e. The van der Waals surface area contributed by atoms with E-state index in [2.05, 4.69) is 36.9 Å². The number of methoxy groups -OCH3 is 1. The Morgan fingerprint density at radius 3 is 2.94 bits per heavy atom. The summed E-state index contributed by atoms with van der Waals surface area (Å²) < 4.78 is 4.88. The maximum Gasteiger partial charge on any atom is 0.323 e. The van der Waals surface area contributed by atoms with Crippen molar-refractivity contribution in [3.8, 4) is 0 Å². The molecule has 1 aromatic rings. The fourth-order valence-corrected chi connectivity index (χ4v) is 2.61. The van der Waals surface area contributed by atoms with Crippen molar-refractivity contribution in [3.05, 3.63) is 34.9 Å². The van der Waals surface area contributed by atoms with Gasteiger partial charge in [0.15, 0.2) is 0 Å². The third-order valence-corrected chi connectivity index (χ3v) is 3.71. The zero-order chi connectivity index (χ0) is 13.1. The lowest BCUT2D eigenvalue weighted by Gasteiger charge is -2.23. The molecule has 1 fully saturated rings. The maximum atomic E-state index is 11.7. The predicted molar refractivity (Wildman–Crippen MR) is 71.4 cm³/mol. The van der Waals surface area contributed by atoms with Crippen molar-refractivity contribution in [2.75, 3.05) is 13.7 Å². The van der Waals surface area contributed by atoms with Crippen LogP contribution in [0.4, 0.5) is 0 Å². The number of esters is 1. The molecule has 3 heteroatoms. The number of aryl methyl sites for hydroxylation is 2. The molecule has 0 saturated carbocycles. The molecule has 1 aromatic carbocycles. The summed E-state index contributed by atoms with van der Waals surface area (Å²) in [4.78, 5) is 13.9. The quantitative estimate of drug-likeness (QED) is 0.768. The molecular formula is C15H21NO2. The Morgan fingerprint density at radius 2 is 2.22 bits per heavy atom. The van der Waals surface area contributed by atoms with E-state index in [4.69, 9.17) is 4.74 Å². The number of hydrogen-bond acceptors (Lipinski definition) is 3. The number of ether oxygens (including phenoxy) is 1. The number of benzene rings is 1. The molecule has 0 bridgehead atoms. The van der Waals surface area contributed by atoms with Gasteiger partial charge in [-0.05, 0) is 44.4 Å². The summed E-state index contributed by atoms with van der Waals surface area (Å²) >= 11 is 0. The number of hydrogen-bond donors (Lipinski definition) is 0. The van der Waals surface area contributed by atoms with Crippen LogP contribution in [0.1, 0.15) is 29.5 Å². The van der Waals surface area contributed by atoms with Crippen molar-refractivity contribution in [1.82, 2.24) is 4.90 Å². The first-order valence-corrected chi connectivity index (χ1v) is 6.50. The van der Waals surface area contributed by atoms with Crippen LogP contribution in [-0.2, 0) is 16.1 Å². The molecule has 98 valence electrons. The van der Waals surface area contributed by atoms with E-state index in [0.29, 0.717) is 0 Å². The summed E-state index contributed by atoms with van der Waals surface area (Å²) in [6, 6.07) is 6.42. The first kappa shape index (κ1) is 13.1. The van der Waals surface area contributed by atoms with E-state index in [1.54, 1.807) is 0 Å². The molecule has 0 aromatic heterocycles. The molecule has 1 aliphatic heterocycles. The van der Waals surface area contributed by atoms with Crippen LogP contribution in [0, 0.1) is 13.8 Å². The van der Waals surface area contributed by atoms with Gasteiger partial charge in [0, 0.05) is 6.54 Å². The second-order valence-electron chi connectivity index (χ2n) is 5.08. The Labute approximate surface area is 109 Å². The van der Waals surface area contributed by atoms with Crippen LogP contribution >= 0.6 is 0 Å². The molecule has 1 atom stereocenters. The molecule has 1 saturated heterocycles. The highest BCUT2D eigenvalue weighted by atomic mass is 16.5. The fraction of sp³-hybridized carbons (Fsp3) is 0.533. The average Bonchev–Trinajstić information content (AvgIpc) is 2.81. The van der Waals surface area contributed by atoms with E-state index >= 15 is 0 Å². The highest BCUT2D eigenvalue weighted by Gasteiger charge is 2.31. The summed E-state index contributed by atoms with van der Waals surface area (Å²) in [6.45, 7) is 6.04. The van der Waals surface area contributed by atoms with Crippen LogP contribution in [0.2, 0.25) is 0 Å². The summed E-state index contributed by atoms with van der Waals surface area (Å²) in [5.41, 5.74) is 3.87. The van der Waals surface area contributed by atoms with Crippen LogP contribution in [0.25, 0.3) is 0 Å². The topological polar surface area (TPSA) is 29.5 Å². The molecule has 1 aliphatic rings. The summed E-state index contributed by atoms with van der Waals surface area (Å²) in [5.74, 6) is -0.0993. The van der Waals surface area contributed by atoms with Crippen molar-refractivity contribution >= 4 is 5.97 Å². The Hall–Kier alpha value is -1.35. The molecule has 0 N–H and O–H groups in total. The summed E-state index contributed by atoms with van der Waals surface area (Å²) in [7, 11) is 1.47. The SMILES string of the molecule is COC(=O)C1CCCN1Cc1cc(C)ccc1C. The number of likely N-dealkylation sites (tertiary alicyclic amines) is 1. The van der Waals surface area contributed by atoms with Crippen molar-refractivity contribution in [2.45, 2.75) is 39.3 Å². The van der Waals surface area contributed by atoms with Crippen molar-refractivity contribution in [1.29, 1.82) is 0 Å². The van der Waals surface area contributed by atoms with Crippen LogP contribution in [0.5, 0.6) is 0 Å². The van der Waals surface area contributed by atoms with Crippen molar-refractivity contribution in [2.24, 2.45) is 0 Å². The Kier molecular flexibility index (Phi) is 4.02. The van der Waals surface area contributed by atoms with Crippen LogP contribution in [0.3, 0.4) is 0 Å². The second-order valence-corrected chi connectivity index (χ2v) is 5.08. The highest BCUT2D eigenvalue weighted by Crippen LogP contribution is 2.22. The van der Waals surface area contributed by atoms with Gasteiger partial charge in [0.1, 0.15) is 6.04 Å². The highest BCUT2D eigenvalue weighted by molar-refractivity contribution is 5.76. The predicted octanol–water partition coefficient (Wildman–Crippen LogP) is 2.44. The molecule has 0 radical (unpaired) electrons.